The largest absolute Gasteiger partial charge is 0.338 e. The van der Waals surface area contributed by atoms with Crippen LogP contribution in [0, 0.1) is 5.41 Å². The Bertz CT molecular complexity index is 368. The molecule has 18 heavy (non-hydrogen) atoms. The monoisotopic (exact) mass is 268 g/mol. The molecule has 0 bridgehead atoms. The number of rotatable bonds is 5. The van der Waals surface area contributed by atoms with Crippen LogP contribution in [-0.2, 0) is 11.3 Å². The second-order valence-electron chi connectivity index (χ2n) is 5.66. The molecule has 0 aliphatic rings. The van der Waals surface area contributed by atoms with Gasteiger partial charge in [-0.15, -0.1) is 11.3 Å². The molecule has 0 aliphatic heterocycles. The first-order chi connectivity index (χ1) is 8.34. The van der Waals surface area contributed by atoms with Crippen LogP contribution in [-0.4, -0.2) is 23.4 Å². The Morgan fingerprint density at radius 1 is 1.50 bits per heavy atom. The Labute approximate surface area is 114 Å². The smallest absolute Gasteiger partial charge is 0.224 e. The zero-order valence-electron chi connectivity index (χ0n) is 11.8. The first-order valence-corrected chi connectivity index (χ1v) is 7.28. The minimum absolute atomic E-state index is 0.0298. The van der Waals surface area contributed by atoms with E-state index in [1.54, 1.807) is 11.3 Å². The summed E-state index contributed by atoms with van der Waals surface area (Å²) in [6.45, 7) is 9.65. The van der Waals surface area contributed by atoms with Gasteiger partial charge < -0.3 is 10.6 Å². The quantitative estimate of drug-likeness (QED) is 0.892. The minimum atomic E-state index is -0.0950. The molecule has 1 unspecified atom stereocenters. The van der Waals surface area contributed by atoms with Crippen molar-refractivity contribution in [2.24, 2.45) is 11.1 Å². The predicted octanol–water partition coefficient (Wildman–Crippen LogP) is 2.86. The molecular weight excluding hydrogens is 244 g/mol. The van der Waals surface area contributed by atoms with Gasteiger partial charge in [-0.25, -0.2) is 0 Å². The summed E-state index contributed by atoms with van der Waals surface area (Å²) in [5.74, 6) is 0.147. The summed E-state index contributed by atoms with van der Waals surface area (Å²) >= 11 is 1.68. The van der Waals surface area contributed by atoms with E-state index in [2.05, 4.69) is 26.8 Å². The van der Waals surface area contributed by atoms with Gasteiger partial charge in [-0.1, -0.05) is 26.8 Å². The number of carbonyl (C=O) groups excluding carboxylic acids is 1. The molecule has 0 saturated carbocycles. The lowest BCUT2D eigenvalue weighted by Crippen LogP contribution is -2.41. The van der Waals surface area contributed by atoms with E-state index in [1.165, 1.54) is 4.88 Å². The van der Waals surface area contributed by atoms with E-state index in [0.717, 1.165) is 6.54 Å². The highest BCUT2D eigenvalue weighted by atomic mass is 32.1. The number of nitrogens with two attached hydrogens (primary N) is 1. The van der Waals surface area contributed by atoms with Crippen molar-refractivity contribution in [2.75, 3.05) is 6.54 Å². The Morgan fingerprint density at radius 3 is 2.61 bits per heavy atom. The van der Waals surface area contributed by atoms with Gasteiger partial charge >= 0.3 is 0 Å². The average Bonchev–Trinajstić information content (AvgIpc) is 2.76. The topological polar surface area (TPSA) is 46.3 Å². The molecule has 102 valence electrons. The fourth-order valence-electron chi connectivity index (χ4n) is 1.59. The molecule has 0 fully saturated rings. The number of thiophene rings is 1. The third kappa shape index (κ3) is 4.42. The molecule has 0 saturated heterocycles. The molecule has 4 heteroatoms. The molecule has 3 nitrogen and oxygen atoms in total. The van der Waals surface area contributed by atoms with Gasteiger partial charge in [0.25, 0.3) is 0 Å². The molecular formula is C14H24N2OS. The van der Waals surface area contributed by atoms with Gasteiger partial charge in [-0.05, 0) is 23.8 Å². The highest BCUT2D eigenvalue weighted by molar-refractivity contribution is 7.09. The van der Waals surface area contributed by atoms with E-state index in [4.69, 9.17) is 5.73 Å². The molecule has 1 amide bonds. The molecule has 1 rings (SSSR count). The highest BCUT2D eigenvalue weighted by Gasteiger charge is 2.25. The second kappa shape index (κ2) is 6.34. The molecule has 0 aliphatic carbocycles. The molecule has 0 spiro atoms. The van der Waals surface area contributed by atoms with Gasteiger partial charge in [0.1, 0.15) is 0 Å². The normalized spacial score (nSPS) is 13.4. The van der Waals surface area contributed by atoms with Gasteiger partial charge in [-0.3, -0.25) is 4.79 Å². The van der Waals surface area contributed by atoms with Gasteiger partial charge in [0, 0.05) is 23.9 Å². The maximum Gasteiger partial charge on any atom is 0.224 e. The van der Waals surface area contributed by atoms with Crippen molar-refractivity contribution in [3.63, 3.8) is 0 Å². The SMILES string of the molecule is CCN(Cc1cccs1)C(=O)CC(N)C(C)(C)C. The van der Waals surface area contributed by atoms with Crippen molar-refractivity contribution in [2.45, 2.75) is 46.7 Å². The Hall–Kier alpha value is -0.870. The number of carbonyl (C=O) groups is 1. The lowest BCUT2D eigenvalue weighted by atomic mass is 9.85. The van der Waals surface area contributed by atoms with Gasteiger partial charge in [0.2, 0.25) is 5.91 Å². The molecule has 1 aromatic heterocycles. The summed E-state index contributed by atoms with van der Waals surface area (Å²) < 4.78 is 0. The van der Waals surface area contributed by atoms with Crippen LogP contribution < -0.4 is 5.73 Å². The van der Waals surface area contributed by atoms with E-state index in [1.807, 2.05) is 23.3 Å². The van der Waals surface area contributed by atoms with Crippen LogP contribution in [0.5, 0.6) is 0 Å². The lowest BCUT2D eigenvalue weighted by Gasteiger charge is -2.29. The van der Waals surface area contributed by atoms with Crippen molar-refractivity contribution in [1.82, 2.24) is 4.90 Å². The zero-order valence-corrected chi connectivity index (χ0v) is 12.6. The average molecular weight is 268 g/mol. The van der Waals surface area contributed by atoms with Crippen LogP contribution >= 0.6 is 11.3 Å². The summed E-state index contributed by atoms with van der Waals surface area (Å²) in [6.07, 6.45) is 0.419. The second-order valence-corrected chi connectivity index (χ2v) is 6.70. The van der Waals surface area contributed by atoms with Crippen molar-refractivity contribution in [3.05, 3.63) is 22.4 Å². The third-order valence-corrected chi connectivity index (χ3v) is 4.03. The van der Waals surface area contributed by atoms with Gasteiger partial charge in [0.05, 0.1) is 6.54 Å². The number of nitrogens with zero attached hydrogens (tertiary/aromatic N) is 1. The van der Waals surface area contributed by atoms with Crippen LogP contribution in [0.3, 0.4) is 0 Å². The van der Waals surface area contributed by atoms with Crippen LogP contribution in [0.25, 0.3) is 0 Å². The fraction of sp³-hybridized carbons (Fsp3) is 0.643. The Morgan fingerprint density at radius 2 is 2.17 bits per heavy atom. The summed E-state index contributed by atoms with van der Waals surface area (Å²) in [5, 5.41) is 2.04. The van der Waals surface area contributed by atoms with Crippen LogP contribution in [0.1, 0.15) is 39.0 Å². The van der Waals surface area contributed by atoms with Crippen molar-refractivity contribution >= 4 is 17.2 Å². The Kier molecular flexibility index (Phi) is 5.35. The van der Waals surface area contributed by atoms with Crippen LogP contribution in [0.4, 0.5) is 0 Å². The standard InChI is InChI=1S/C14H24N2OS/c1-5-16(10-11-7-6-8-18-11)13(17)9-12(15)14(2,3)4/h6-8,12H,5,9-10,15H2,1-4H3. The molecule has 0 radical (unpaired) electrons. The molecule has 1 aromatic rings. The van der Waals surface area contributed by atoms with Gasteiger partial charge in [0.15, 0.2) is 0 Å². The minimum Gasteiger partial charge on any atom is -0.338 e. The lowest BCUT2D eigenvalue weighted by molar-refractivity contribution is -0.132. The van der Waals surface area contributed by atoms with Crippen LogP contribution in [0.15, 0.2) is 17.5 Å². The van der Waals surface area contributed by atoms with E-state index < -0.39 is 0 Å². The predicted molar refractivity (Wildman–Crippen MR) is 77.5 cm³/mol. The third-order valence-electron chi connectivity index (χ3n) is 3.17. The number of amides is 1. The number of hydrogen-bond acceptors (Lipinski definition) is 3. The molecule has 1 heterocycles. The fourth-order valence-corrected chi connectivity index (χ4v) is 2.31. The van der Waals surface area contributed by atoms with E-state index >= 15 is 0 Å². The van der Waals surface area contributed by atoms with Crippen molar-refractivity contribution in [1.29, 1.82) is 0 Å². The van der Waals surface area contributed by atoms with E-state index in [0.29, 0.717) is 13.0 Å². The summed E-state index contributed by atoms with van der Waals surface area (Å²) in [7, 11) is 0. The zero-order chi connectivity index (χ0) is 13.8. The maximum absolute atomic E-state index is 12.2. The first kappa shape index (κ1) is 15.2. The van der Waals surface area contributed by atoms with E-state index in [-0.39, 0.29) is 17.4 Å². The molecule has 2 N–H and O–H groups in total. The maximum atomic E-state index is 12.2. The molecule has 0 aromatic carbocycles. The highest BCUT2D eigenvalue weighted by Crippen LogP contribution is 2.21. The van der Waals surface area contributed by atoms with Gasteiger partial charge in [-0.2, -0.15) is 0 Å². The summed E-state index contributed by atoms with van der Waals surface area (Å²) in [5.41, 5.74) is 6.04. The first-order valence-electron chi connectivity index (χ1n) is 6.40. The number of hydrogen-bond donors (Lipinski definition) is 1. The van der Waals surface area contributed by atoms with Crippen molar-refractivity contribution < 1.29 is 4.79 Å². The summed E-state index contributed by atoms with van der Waals surface area (Å²) in [6, 6.07) is 3.98. The Balaban J connectivity index is 2.57. The molecule has 1 atom stereocenters. The summed E-state index contributed by atoms with van der Waals surface area (Å²) in [4.78, 5) is 15.3. The van der Waals surface area contributed by atoms with Crippen molar-refractivity contribution in [3.8, 4) is 0 Å². The van der Waals surface area contributed by atoms with Crippen LogP contribution in [0.2, 0.25) is 0 Å². The van der Waals surface area contributed by atoms with E-state index in [9.17, 15) is 4.79 Å².